The van der Waals surface area contributed by atoms with Crippen LogP contribution in [-0.2, 0) is 9.53 Å². The lowest BCUT2D eigenvalue weighted by Crippen LogP contribution is -2.47. The van der Waals surface area contributed by atoms with Crippen molar-refractivity contribution >= 4 is 5.97 Å². The number of hydrogen-bond donors (Lipinski definition) is 4. The molecule has 0 bridgehead atoms. The number of rotatable bonds is 4. The minimum atomic E-state index is -1.25. The molecule has 5 unspecified atom stereocenters. The Balaban J connectivity index is 2.60. The highest BCUT2D eigenvalue weighted by molar-refractivity contribution is 5.71. The van der Waals surface area contributed by atoms with Crippen molar-refractivity contribution in [3.63, 3.8) is 0 Å². The first kappa shape index (κ1) is 13.4. The average Bonchev–Trinajstić information content (AvgIpc) is 2.22. The van der Waals surface area contributed by atoms with Gasteiger partial charge in [-0.2, -0.15) is 0 Å². The Labute approximate surface area is 93.5 Å². The normalized spacial score (nSPS) is 37.0. The van der Waals surface area contributed by atoms with Crippen LogP contribution < -0.4 is 0 Å². The van der Waals surface area contributed by atoms with Crippen LogP contribution in [0, 0.1) is 5.92 Å². The van der Waals surface area contributed by atoms with Crippen LogP contribution in [0.15, 0.2) is 0 Å². The Hall–Kier alpha value is -0.690. The van der Waals surface area contributed by atoms with Crippen LogP contribution in [0.5, 0.6) is 0 Å². The third-order valence-electron chi connectivity index (χ3n) is 2.83. The van der Waals surface area contributed by atoms with Gasteiger partial charge in [-0.3, -0.25) is 4.79 Å². The van der Waals surface area contributed by atoms with E-state index in [0.717, 1.165) is 0 Å². The monoisotopic (exact) mass is 234 g/mol. The molecule has 1 saturated carbocycles. The lowest BCUT2D eigenvalue weighted by atomic mass is 9.82. The van der Waals surface area contributed by atoms with Crippen LogP contribution in [0.4, 0.5) is 0 Å². The topological polar surface area (TPSA) is 107 Å². The van der Waals surface area contributed by atoms with E-state index < -0.39 is 36.3 Å². The molecule has 0 aromatic rings. The Morgan fingerprint density at radius 2 is 2.06 bits per heavy atom. The summed E-state index contributed by atoms with van der Waals surface area (Å²) in [6, 6.07) is 0. The second kappa shape index (κ2) is 5.58. The molecule has 0 radical (unpaired) electrons. The Bertz CT molecular complexity index is 241. The molecule has 5 atom stereocenters. The fourth-order valence-electron chi connectivity index (χ4n) is 1.93. The smallest absolute Gasteiger partial charge is 0.309 e. The van der Waals surface area contributed by atoms with Gasteiger partial charge in [-0.25, -0.2) is 0 Å². The van der Waals surface area contributed by atoms with Gasteiger partial charge in [-0.1, -0.05) is 0 Å². The summed E-state index contributed by atoms with van der Waals surface area (Å²) in [4.78, 5) is 10.8. The van der Waals surface area contributed by atoms with Crippen molar-refractivity contribution in [3.8, 4) is 0 Å². The van der Waals surface area contributed by atoms with Gasteiger partial charge in [0, 0.05) is 6.42 Å². The summed E-state index contributed by atoms with van der Waals surface area (Å²) in [7, 11) is 0. The van der Waals surface area contributed by atoms with E-state index in [0.29, 0.717) is 0 Å². The van der Waals surface area contributed by atoms with Gasteiger partial charge >= 0.3 is 5.97 Å². The molecule has 4 N–H and O–H groups in total. The molecule has 0 aromatic heterocycles. The van der Waals surface area contributed by atoms with E-state index in [4.69, 9.17) is 14.9 Å². The average molecular weight is 234 g/mol. The van der Waals surface area contributed by atoms with E-state index in [1.165, 1.54) is 0 Å². The second-order valence-corrected chi connectivity index (χ2v) is 4.23. The predicted octanol–water partition coefficient (Wildman–Crippen LogP) is -1.03. The number of aliphatic hydroxyl groups excluding tert-OH is 3. The molecular weight excluding hydrogens is 216 g/mol. The van der Waals surface area contributed by atoms with Gasteiger partial charge in [0.1, 0.15) is 0 Å². The largest absolute Gasteiger partial charge is 0.481 e. The molecule has 1 aliphatic carbocycles. The highest BCUT2D eigenvalue weighted by atomic mass is 16.5. The first-order chi connectivity index (χ1) is 7.45. The van der Waals surface area contributed by atoms with E-state index in [1.807, 2.05) is 0 Å². The molecule has 0 amide bonds. The van der Waals surface area contributed by atoms with Gasteiger partial charge in [0.05, 0.1) is 36.9 Å². The molecular formula is C10H18O6. The molecule has 1 rings (SSSR count). The molecule has 1 fully saturated rings. The van der Waals surface area contributed by atoms with Crippen LogP contribution in [0.25, 0.3) is 0 Å². The van der Waals surface area contributed by atoms with Crippen molar-refractivity contribution in [2.24, 2.45) is 5.92 Å². The first-order valence-electron chi connectivity index (χ1n) is 5.31. The highest BCUT2D eigenvalue weighted by Gasteiger charge is 2.40. The van der Waals surface area contributed by atoms with Crippen molar-refractivity contribution in [1.29, 1.82) is 0 Å². The fraction of sp³-hybridized carbons (Fsp3) is 0.900. The maximum absolute atomic E-state index is 10.8. The summed E-state index contributed by atoms with van der Waals surface area (Å²) in [5, 5.41) is 36.6. The lowest BCUT2D eigenvalue weighted by Gasteiger charge is -2.35. The van der Waals surface area contributed by atoms with Crippen molar-refractivity contribution in [1.82, 2.24) is 0 Å². The Morgan fingerprint density at radius 1 is 1.44 bits per heavy atom. The minimum absolute atomic E-state index is 0.151. The van der Waals surface area contributed by atoms with E-state index in [1.54, 1.807) is 6.92 Å². The van der Waals surface area contributed by atoms with Gasteiger partial charge in [-0.15, -0.1) is 0 Å². The quantitative estimate of drug-likeness (QED) is 0.495. The Kier molecular flexibility index (Phi) is 4.67. The molecule has 16 heavy (non-hydrogen) atoms. The maximum atomic E-state index is 10.8. The van der Waals surface area contributed by atoms with Crippen LogP contribution in [-0.4, -0.2) is 57.4 Å². The van der Waals surface area contributed by atoms with Gasteiger partial charge in [0.2, 0.25) is 0 Å². The Morgan fingerprint density at radius 3 is 2.56 bits per heavy atom. The molecule has 0 heterocycles. The number of hydrogen-bond acceptors (Lipinski definition) is 5. The lowest BCUT2D eigenvalue weighted by molar-refractivity contribution is -0.164. The van der Waals surface area contributed by atoms with Crippen LogP contribution in [0.1, 0.15) is 19.8 Å². The second-order valence-electron chi connectivity index (χ2n) is 4.23. The maximum Gasteiger partial charge on any atom is 0.309 e. The number of ether oxygens (including phenoxy) is 1. The standard InChI is InChI=1S/C10H18O6/c1-5(4-11)16-6-2-7(10(14)15)9(13)8(12)3-6/h5-9,11-13H,2-4H2,1H3,(H,14,15). The number of carboxylic acids is 1. The van der Waals surface area contributed by atoms with Gasteiger partial charge < -0.3 is 25.2 Å². The molecule has 94 valence electrons. The van der Waals surface area contributed by atoms with Gasteiger partial charge in [-0.05, 0) is 13.3 Å². The van der Waals surface area contributed by atoms with Crippen molar-refractivity contribution in [2.45, 2.75) is 44.2 Å². The zero-order chi connectivity index (χ0) is 12.3. The molecule has 0 spiro atoms. The minimum Gasteiger partial charge on any atom is -0.481 e. The van der Waals surface area contributed by atoms with Crippen LogP contribution in [0.3, 0.4) is 0 Å². The molecule has 6 heteroatoms. The first-order valence-corrected chi connectivity index (χ1v) is 5.31. The number of aliphatic hydroxyl groups is 3. The van der Waals surface area contributed by atoms with E-state index in [9.17, 15) is 15.0 Å². The van der Waals surface area contributed by atoms with Gasteiger partial charge in [0.15, 0.2) is 0 Å². The van der Waals surface area contributed by atoms with Crippen LogP contribution in [0.2, 0.25) is 0 Å². The van der Waals surface area contributed by atoms with Crippen molar-refractivity contribution in [3.05, 3.63) is 0 Å². The summed E-state index contributed by atoms with van der Waals surface area (Å²) in [6.45, 7) is 1.50. The molecule has 1 aliphatic rings. The zero-order valence-electron chi connectivity index (χ0n) is 9.11. The van der Waals surface area contributed by atoms with E-state index >= 15 is 0 Å². The summed E-state index contributed by atoms with van der Waals surface area (Å²) >= 11 is 0. The fourth-order valence-corrected chi connectivity index (χ4v) is 1.93. The van der Waals surface area contributed by atoms with Gasteiger partial charge in [0.25, 0.3) is 0 Å². The molecule has 0 aliphatic heterocycles. The summed E-state index contributed by atoms with van der Waals surface area (Å²) in [5.74, 6) is -2.16. The number of carbonyl (C=O) groups is 1. The van der Waals surface area contributed by atoms with Crippen molar-refractivity contribution < 1.29 is 30.0 Å². The van der Waals surface area contributed by atoms with Crippen LogP contribution >= 0.6 is 0 Å². The van der Waals surface area contributed by atoms with E-state index in [-0.39, 0.29) is 19.4 Å². The molecule has 0 aromatic carbocycles. The summed E-state index contributed by atoms with van der Waals surface area (Å²) in [6.07, 6.45) is -2.84. The number of carboxylic acid groups (broad SMARTS) is 1. The molecule has 6 nitrogen and oxygen atoms in total. The summed E-state index contributed by atoms with van der Waals surface area (Å²) in [5.41, 5.74) is 0. The molecule has 0 saturated heterocycles. The predicted molar refractivity (Wildman–Crippen MR) is 53.8 cm³/mol. The highest BCUT2D eigenvalue weighted by Crippen LogP contribution is 2.28. The van der Waals surface area contributed by atoms with Crippen molar-refractivity contribution in [2.75, 3.05) is 6.61 Å². The number of aliphatic carboxylic acids is 1. The SMILES string of the molecule is CC(CO)OC1CC(O)C(O)C(C(=O)O)C1. The third kappa shape index (κ3) is 3.15. The van der Waals surface area contributed by atoms with E-state index in [2.05, 4.69) is 0 Å². The third-order valence-corrected chi connectivity index (χ3v) is 2.83. The zero-order valence-corrected chi connectivity index (χ0v) is 9.11. The summed E-state index contributed by atoms with van der Waals surface area (Å²) < 4.78 is 5.36.